The van der Waals surface area contributed by atoms with Crippen LogP contribution in [-0.4, -0.2) is 45.8 Å². The second-order valence-electron chi connectivity index (χ2n) is 11.1. The molecule has 0 radical (unpaired) electrons. The van der Waals surface area contributed by atoms with Crippen LogP contribution in [-0.2, 0) is 9.47 Å². The summed E-state index contributed by atoms with van der Waals surface area (Å²) in [5, 5.41) is 23.2. The molecule has 2 aliphatic heterocycles. The fraction of sp³-hybridized carbons (Fsp3) is 0.577. The van der Waals surface area contributed by atoms with E-state index in [4.69, 9.17) is 18.6 Å². The zero-order valence-corrected chi connectivity index (χ0v) is 19.9. The smallest absolute Gasteiger partial charge is 0.484 e. The molecule has 2 aromatic rings. The number of pyridine rings is 1. The normalized spacial score (nSPS) is 41.7. The number of carbonyl (C=O) groups is 1. The van der Waals surface area contributed by atoms with E-state index in [1.165, 1.54) is 0 Å². The van der Waals surface area contributed by atoms with Crippen LogP contribution >= 0.6 is 0 Å². The van der Waals surface area contributed by atoms with Crippen LogP contribution in [0.25, 0.3) is 11.3 Å². The molecule has 4 aliphatic rings. The summed E-state index contributed by atoms with van der Waals surface area (Å²) < 4.78 is 22.9. The van der Waals surface area contributed by atoms with E-state index in [0.29, 0.717) is 24.8 Å². The minimum Gasteiger partial charge on any atom is -0.484 e. The van der Waals surface area contributed by atoms with Crippen LogP contribution in [0.15, 0.2) is 39.8 Å². The maximum atomic E-state index is 13.2. The van der Waals surface area contributed by atoms with Crippen LogP contribution in [0, 0.1) is 22.7 Å². The molecule has 186 valence electrons. The lowest BCUT2D eigenvalue weighted by atomic mass is 9.42. The molecule has 6 rings (SSSR count). The summed E-state index contributed by atoms with van der Waals surface area (Å²) >= 11 is 0. The Bertz CT molecular complexity index is 1250. The minimum atomic E-state index is -1.21. The Balaban J connectivity index is 1.46. The highest BCUT2D eigenvalue weighted by atomic mass is 16.7. The maximum Gasteiger partial charge on any atom is 0.508 e. The van der Waals surface area contributed by atoms with E-state index < -0.39 is 46.3 Å². The van der Waals surface area contributed by atoms with E-state index in [1.54, 1.807) is 37.5 Å². The lowest BCUT2D eigenvalue weighted by molar-refractivity contribution is -0.273. The van der Waals surface area contributed by atoms with Crippen molar-refractivity contribution < 1.29 is 33.6 Å². The van der Waals surface area contributed by atoms with Crippen molar-refractivity contribution in [2.75, 3.05) is 6.61 Å². The van der Waals surface area contributed by atoms with E-state index in [1.807, 2.05) is 6.92 Å². The molecule has 2 saturated carbocycles. The Morgan fingerprint density at radius 3 is 2.69 bits per heavy atom. The highest BCUT2D eigenvalue weighted by Crippen LogP contribution is 2.67. The van der Waals surface area contributed by atoms with Gasteiger partial charge in [0, 0.05) is 35.4 Å². The summed E-state index contributed by atoms with van der Waals surface area (Å²) in [5.74, 6) is -0.253. The van der Waals surface area contributed by atoms with Crippen LogP contribution in [0.5, 0.6) is 5.75 Å². The number of ether oxygens (including phenoxy) is 3. The van der Waals surface area contributed by atoms with E-state index in [2.05, 4.69) is 11.9 Å². The van der Waals surface area contributed by atoms with Crippen LogP contribution in [0.2, 0.25) is 0 Å². The second kappa shape index (κ2) is 7.30. The second-order valence-corrected chi connectivity index (χ2v) is 11.1. The van der Waals surface area contributed by atoms with Crippen molar-refractivity contribution >= 4 is 6.16 Å². The van der Waals surface area contributed by atoms with Gasteiger partial charge in [0.2, 0.25) is 0 Å². The first-order chi connectivity index (χ1) is 16.6. The number of hydrogen-bond acceptors (Lipinski definition) is 9. The maximum absolute atomic E-state index is 13.2. The van der Waals surface area contributed by atoms with Crippen LogP contribution in [0.1, 0.15) is 51.7 Å². The molecule has 2 aliphatic carbocycles. The van der Waals surface area contributed by atoms with Crippen molar-refractivity contribution in [2.45, 2.75) is 63.9 Å². The third kappa shape index (κ3) is 2.97. The fourth-order valence-electron chi connectivity index (χ4n) is 7.60. The predicted octanol–water partition coefficient (Wildman–Crippen LogP) is 3.23. The number of fused-ring (bicyclic) bond motifs is 6. The molecule has 1 saturated heterocycles. The molecule has 2 aromatic heterocycles. The molecule has 0 aromatic carbocycles. The van der Waals surface area contributed by atoms with Gasteiger partial charge in [-0.25, -0.2) is 9.59 Å². The van der Waals surface area contributed by atoms with Gasteiger partial charge in [-0.3, -0.25) is 4.98 Å². The summed E-state index contributed by atoms with van der Waals surface area (Å²) in [6, 6.07) is 5.09. The van der Waals surface area contributed by atoms with Crippen LogP contribution in [0.4, 0.5) is 4.79 Å². The fourth-order valence-corrected chi connectivity index (χ4v) is 7.60. The number of rotatable bonds is 1. The van der Waals surface area contributed by atoms with Crippen molar-refractivity contribution in [2.24, 2.45) is 22.7 Å². The summed E-state index contributed by atoms with van der Waals surface area (Å²) in [6.07, 6.45) is 1.66. The summed E-state index contributed by atoms with van der Waals surface area (Å²) in [6.45, 7) is 6.07. The van der Waals surface area contributed by atoms with Crippen molar-refractivity contribution in [3.8, 4) is 17.1 Å². The van der Waals surface area contributed by atoms with E-state index in [9.17, 15) is 19.8 Å². The zero-order valence-electron chi connectivity index (χ0n) is 19.9. The number of cyclic esters (lactones) is 1. The van der Waals surface area contributed by atoms with Gasteiger partial charge in [-0.2, -0.15) is 0 Å². The molecule has 0 amide bonds. The Morgan fingerprint density at radius 1 is 1.14 bits per heavy atom. The summed E-state index contributed by atoms with van der Waals surface area (Å²) in [5.41, 5.74) is -2.23. The number of carbonyl (C=O) groups excluding carboxylic acids is 1. The van der Waals surface area contributed by atoms with Crippen molar-refractivity contribution in [1.82, 2.24) is 4.98 Å². The molecule has 3 fully saturated rings. The predicted molar refractivity (Wildman–Crippen MR) is 121 cm³/mol. The van der Waals surface area contributed by atoms with Gasteiger partial charge in [0.25, 0.3) is 0 Å². The third-order valence-electron chi connectivity index (χ3n) is 9.30. The monoisotopic (exact) mass is 483 g/mol. The van der Waals surface area contributed by atoms with Gasteiger partial charge in [0.15, 0.2) is 0 Å². The first-order valence-electron chi connectivity index (χ1n) is 12.0. The molecule has 4 heterocycles. The first kappa shape index (κ1) is 22.5. The Morgan fingerprint density at radius 2 is 1.94 bits per heavy atom. The topological polar surface area (TPSA) is 128 Å². The van der Waals surface area contributed by atoms with E-state index in [0.717, 1.165) is 0 Å². The molecule has 2 N–H and O–H groups in total. The Labute approximate surface area is 202 Å². The molecule has 0 bridgehead atoms. The molecule has 35 heavy (non-hydrogen) atoms. The first-order valence-corrected chi connectivity index (χ1v) is 12.0. The molecule has 9 nitrogen and oxygen atoms in total. The van der Waals surface area contributed by atoms with Gasteiger partial charge in [-0.1, -0.05) is 13.8 Å². The molecule has 8 atom stereocenters. The summed E-state index contributed by atoms with van der Waals surface area (Å²) in [4.78, 5) is 29.0. The number of aliphatic hydroxyl groups excluding tert-OH is 2. The number of aromatic nitrogens is 1. The van der Waals surface area contributed by atoms with Gasteiger partial charge in [0.05, 0.1) is 12.2 Å². The van der Waals surface area contributed by atoms with Gasteiger partial charge in [-0.05, 0) is 49.7 Å². The van der Waals surface area contributed by atoms with Gasteiger partial charge >= 0.3 is 11.8 Å². The third-order valence-corrected chi connectivity index (χ3v) is 9.30. The van der Waals surface area contributed by atoms with E-state index in [-0.39, 0.29) is 35.7 Å². The van der Waals surface area contributed by atoms with Crippen LogP contribution < -0.4 is 10.4 Å². The number of nitrogens with zero attached hydrogens (tertiary/aromatic N) is 1. The van der Waals surface area contributed by atoms with Crippen LogP contribution in [0.3, 0.4) is 0 Å². The average molecular weight is 484 g/mol. The van der Waals surface area contributed by atoms with Gasteiger partial charge < -0.3 is 28.8 Å². The molecular formula is C26H29NO8. The molecule has 0 unspecified atom stereocenters. The van der Waals surface area contributed by atoms with Gasteiger partial charge in [0.1, 0.15) is 35.4 Å². The molecule has 0 spiro atoms. The average Bonchev–Trinajstić information content (AvgIpc) is 2.81. The lowest BCUT2D eigenvalue weighted by Gasteiger charge is -2.66. The zero-order chi connectivity index (χ0) is 24.8. The quantitative estimate of drug-likeness (QED) is 0.588. The molecular weight excluding hydrogens is 454 g/mol. The van der Waals surface area contributed by atoms with Crippen molar-refractivity contribution in [3.63, 3.8) is 0 Å². The van der Waals surface area contributed by atoms with Gasteiger partial charge in [-0.15, -0.1) is 0 Å². The SMILES string of the molecule is C[C@@]12COC(=O)O[C@H]1CC[C@@]1(C)[C@H]2C[C@H](O)[C@@]2(C)Oc3cc(-c4cccnc4)oc(=O)c3[C@H](O)[C@H]12. The highest BCUT2D eigenvalue weighted by Gasteiger charge is 2.70. The Kier molecular flexibility index (Phi) is 4.70. The Hall–Kier alpha value is -2.91. The summed E-state index contributed by atoms with van der Waals surface area (Å²) in [7, 11) is 0. The minimum absolute atomic E-state index is 0.0628. The highest BCUT2D eigenvalue weighted by molar-refractivity contribution is 5.61. The number of hydrogen-bond donors (Lipinski definition) is 2. The molecule has 9 heteroatoms. The standard InChI is InChI=1S/C26H29NO8/c1-24-7-6-18-25(2,12-32-23(31)34-18)16(24)10-17(28)26(3)21(24)20(29)19-15(35-26)9-14(33-22(19)30)13-5-4-8-27-11-13/h4-5,8-9,11,16-18,20-21,28-29H,6-7,10,12H2,1-3H3/t16-,17+,18+,20+,21-,24+,25+,26-/m1/s1. The van der Waals surface area contributed by atoms with Crippen molar-refractivity contribution in [3.05, 3.63) is 46.6 Å². The lowest BCUT2D eigenvalue weighted by Crippen LogP contribution is -2.71. The number of aliphatic hydroxyl groups is 2. The van der Waals surface area contributed by atoms with Crippen molar-refractivity contribution in [1.29, 1.82) is 0 Å². The largest absolute Gasteiger partial charge is 0.508 e. The van der Waals surface area contributed by atoms with E-state index >= 15 is 0 Å².